The monoisotopic (exact) mass is 317 g/mol. The van der Waals surface area contributed by atoms with Gasteiger partial charge in [0, 0.05) is 7.05 Å². The Morgan fingerprint density at radius 3 is 2.30 bits per heavy atom. The van der Waals surface area contributed by atoms with Crippen LogP contribution in [0.15, 0.2) is 24.3 Å². The van der Waals surface area contributed by atoms with E-state index < -0.39 is 5.54 Å². The summed E-state index contributed by atoms with van der Waals surface area (Å²) in [6.07, 6.45) is 7.36. The summed E-state index contributed by atoms with van der Waals surface area (Å²) in [6.45, 7) is 2.98. The van der Waals surface area contributed by atoms with Crippen LogP contribution in [0, 0.1) is 5.92 Å². The van der Waals surface area contributed by atoms with Crippen LogP contribution >= 0.6 is 0 Å². The maximum atomic E-state index is 12.3. The van der Waals surface area contributed by atoms with E-state index in [1.54, 1.807) is 0 Å². The molecule has 0 spiro atoms. The molecular weight excluding hydrogens is 290 g/mol. The van der Waals surface area contributed by atoms with Crippen molar-refractivity contribution in [2.75, 3.05) is 20.3 Å². The lowest BCUT2D eigenvalue weighted by atomic mass is 9.82. The van der Waals surface area contributed by atoms with Crippen LogP contribution in [0.5, 0.6) is 11.5 Å². The van der Waals surface area contributed by atoms with Crippen molar-refractivity contribution in [3.05, 3.63) is 24.3 Å². The van der Waals surface area contributed by atoms with Crippen LogP contribution < -0.4 is 9.47 Å². The quantitative estimate of drug-likeness (QED) is 0.721. The van der Waals surface area contributed by atoms with Crippen molar-refractivity contribution in [1.82, 2.24) is 4.90 Å². The highest BCUT2D eigenvalue weighted by atomic mass is 16.5. The molecule has 0 N–H and O–H groups in total. The highest BCUT2D eigenvalue weighted by Crippen LogP contribution is 2.43. The van der Waals surface area contributed by atoms with Gasteiger partial charge in [0.15, 0.2) is 17.0 Å². The zero-order valence-electron chi connectivity index (χ0n) is 14.2. The SMILES string of the molecule is CCOc1ccccc1OCC1(CC2CCCCC2)C(=O)N1C. The van der Waals surface area contributed by atoms with Gasteiger partial charge in [-0.05, 0) is 31.4 Å². The Morgan fingerprint density at radius 1 is 1.13 bits per heavy atom. The molecule has 1 heterocycles. The van der Waals surface area contributed by atoms with Crippen molar-refractivity contribution in [2.24, 2.45) is 5.92 Å². The van der Waals surface area contributed by atoms with Gasteiger partial charge < -0.3 is 14.4 Å². The molecule has 1 amide bonds. The number of amides is 1. The summed E-state index contributed by atoms with van der Waals surface area (Å²) in [5.74, 6) is 2.35. The third-order valence-corrected chi connectivity index (χ3v) is 5.26. The van der Waals surface area contributed by atoms with E-state index in [4.69, 9.17) is 9.47 Å². The number of carbonyl (C=O) groups is 1. The number of nitrogens with zero attached hydrogens (tertiary/aromatic N) is 1. The third kappa shape index (κ3) is 3.31. The third-order valence-electron chi connectivity index (χ3n) is 5.26. The average Bonchev–Trinajstić information content (AvgIpc) is 3.08. The Morgan fingerprint density at radius 2 is 1.74 bits per heavy atom. The van der Waals surface area contributed by atoms with Crippen molar-refractivity contribution in [2.45, 2.75) is 51.0 Å². The molecule has 23 heavy (non-hydrogen) atoms. The normalized spacial score (nSPS) is 24.6. The van der Waals surface area contributed by atoms with E-state index in [0.717, 1.165) is 17.9 Å². The van der Waals surface area contributed by atoms with Gasteiger partial charge in [0.05, 0.1) is 6.61 Å². The van der Waals surface area contributed by atoms with E-state index in [9.17, 15) is 4.79 Å². The van der Waals surface area contributed by atoms with E-state index in [-0.39, 0.29) is 5.91 Å². The van der Waals surface area contributed by atoms with Gasteiger partial charge in [-0.15, -0.1) is 0 Å². The first-order chi connectivity index (χ1) is 11.2. The molecule has 0 radical (unpaired) electrons. The number of carbonyl (C=O) groups excluding carboxylic acids is 1. The Labute approximate surface area is 138 Å². The Bertz CT molecular complexity index is 553. The molecule has 0 bridgehead atoms. The number of para-hydroxylation sites is 2. The molecule has 1 aromatic carbocycles. The molecule has 1 aromatic rings. The minimum absolute atomic E-state index is 0.219. The molecular formula is C19H27NO3. The highest BCUT2D eigenvalue weighted by Gasteiger charge is 2.61. The van der Waals surface area contributed by atoms with Crippen molar-refractivity contribution in [1.29, 1.82) is 0 Å². The van der Waals surface area contributed by atoms with E-state index >= 15 is 0 Å². The van der Waals surface area contributed by atoms with E-state index in [1.807, 2.05) is 43.1 Å². The second-order valence-electron chi connectivity index (χ2n) is 6.77. The number of ether oxygens (including phenoxy) is 2. The number of rotatable bonds is 7. The molecule has 0 aromatic heterocycles. The van der Waals surface area contributed by atoms with Crippen LogP contribution in [-0.4, -0.2) is 36.6 Å². The lowest BCUT2D eigenvalue weighted by molar-refractivity contribution is -0.114. The molecule has 2 fully saturated rings. The summed E-state index contributed by atoms with van der Waals surface area (Å²) in [4.78, 5) is 14.1. The predicted octanol–water partition coefficient (Wildman–Crippen LogP) is 3.65. The summed E-state index contributed by atoms with van der Waals surface area (Å²) in [6, 6.07) is 7.69. The van der Waals surface area contributed by atoms with E-state index in [0.29, 0.717) is 19.1 Å². The van der Waals surface area contributed by atoms with E-state index in [2.05, 4.69) is 0 Å². The first-order valence-corrected chi connectivity index (χ1v) is 8.80. The van der Waals surface area contributed by atoms with Crippen LogP contribution in [0.2, 0.25) is 0 Å². The number of hydrogen-bond acceptors (Lipinski definition) is 3. The molecule has 4 heteroatoms. The fourth-order valence-electron chi connectivity index (χ4n) is 3.77. The second-order valence-corrected chi connectivity index (χ2v) is 6.77. The molecule has 1 aliphatic carbocycles. The van der Waals surface area contributed by atoms with Gasteiger partial charge in [-0.1, -0.05) is 44.2 Å². The smallest absolute Gasteiger partial charge is 0.252 e. The minimum atomic E-state index is -0.415. The molecule has 1 saturated carbocycles. The van der Waals surface area contributed by atoms with Gasteiger partial charge >= 0.3 is 0 Å². The van der Waals surface area contributed by atoms with Gasteiger partial charge in [-0.25, -0.2) is 0 Å². The predicted molar refractivity (Wildman–Crippen MR) is 89.8 cm³/mol. The standard InChI is InChI=1S/C19H27NO3/c1-3-22-16-11-7-8-12-17(16)23-14-19(18(21)20(19)2)13-15-9-5-4-6-10-15/h7-8,11-12,15H,3-6,9-10,13-14H2,1-2H3. The van der Waals surface area contributed by atoms with Crippen LogP contribution in [0.4, 0.5) is 0 Å². The largest absolute Gasteiger partial charge is 0.490 e. The van der Waals surface area contributed by atoms with Crippen molar-refractivity contribution >= 4 is 5.91 Å². The lowest BCUT2D eigenvalue weighted by Crippen LogP contribution is -2.30. The average molecular weight is 317 g/mol. The van der Waals surface area contributed by atoms with Crippen LogP contribution in [0.25, 0.3) is 0 Å². The van der Waals surface area contributed by atoms with Crippen molar-refractivity contribution < 1.29 is 14.3 Å². The molecule has 3 rings (SSSR count). The first-order valence-electron chi connectivity index (χ1n) is 8.80. The van der Waals surface area contributed by atoms with Gasteiger partial charge in [-0.2, -0.15) is 0 Å². The zero-order chi connectivity index (χ0) is 16.3. The summed E-state index contributed by atoms with van der Waals surface area (Å²) >= 11 is 0. The van der Waals surface area contributed by atoms with Crippen LogP contribution in [0.3, 0.4) is 0 Å². The summed E-state index contributed by atoms with van der Waals surface area (Å²) in [7, 11) is 1.89. The van der Waals surface area contributed by atoms with Gasteiger partial charge in [0.25, 0.3) is 5.91 Å². The van der Waals surface area contributed by atoms with E-state index in [1.165, 1.54) is 32.1 Å². The number of likely N-dealkylation sites (N-methyl/N-ethyl adjacent to an activating group) is 1. The molecule has 2 aliphatic rings. The maximum Gasteiger partial charge on any atom is 0.252 e. The van der Waals surface area contributed by atoms with Crippen LogP contribution in [0.1, 0.15) is 45.4 Å². The van der Waals surface area contributed by atoms with Gasteiger partial charge in [-0.3, -0.25) is 4.79 Å². The maximum absolute atomic E-state index is 12.3. The summed E-state index contributed by atoms with van der Waals surface area (Å²) < 4.78 is 11.6. The topological polar surface area (TPSA) is 38.5 Å². The van der Waals surface area contributed by atoms with Gasteiger partial charge in [0.2, 0.25) is 0 Å². The zero-order valence-corrected chi connectivity index (χ0v) is 14.2. The molecule has 1 aliphatic heterocycles. The molecule has 1 atom stereocenters. The Kier molecular flexibility index (Phi) is 4.79. The van der Waals surface area contributed by atoms with Crippen molar-refractivity contribution in [3.63, 3.8) is 0 Å². The number of hydrogen-bond donors (Lipinski definition) is 0. The molecule has 126 valence electrons. The molecule has 1 unspecified atom stereocenters. The molecule has 1 saturated heterocycles. The molecule has 4 nitrogen and oxygen atoms in total. The summed E-state index contributed by atoms with van der Waals surface area (Å²) in [5, 5.41) is 0. The minimum Gasteiger partial charge on any atom is -0.490 e. The highest BCUT2D eigenvalue weighted by molar-refractivity contribution is 6.02. The first kappa shape index (κ1) is 16.2. The van der Waals surface area contributed by atoms with Crippen LogP contribution in [-0.2, 0) is 4.79 Å². The second kappa shape index (κ2) is 6.81. The fourth-order valence-corrected chi connectivity index (χ4v) is 3.77. The Balaban J connectivity index is 1.65. The van der Waals surface area contributed by atoms with Gasteiger partial charge in [0.1, 0.15) is 6.61 Å². The number of benzene rings is 1. The Hall–Kier alpha value is -1.71. The lowest BCUT2D eigenvalue weighted by Gasteiger charge is -2.25. The summed E-state index contributed by atoms with van der Waals surface area (Å²) in [5.41, 5.74) is -0.415. The fraction of sp³-hybridized carbons (Fsp3) is 0.632. The van der Waals surface area contributed by atoms with Crippen molar-refractivity contribution in [3.8, 4) is 11.5 Å².